The molecule has 0 aromatic carbocycles. The van der Waals surface area contributed by atoms with Crippen LogP contribution in [0, 0.1) is 5.92 Å². The lowest BCUT2D eigenvalue weighted by atomic mass is 9.90. The molecule has 0 spiro atoms. The van der Waals surface area contributed by atoms with E-state index < -0.39 is 34.3 Å². The van der Waals surface area contributed by atoms with Crippen LogP contribution in [0.25, 0.3) is 0 Å². The zero-order valence-corrected chi connectivity index (χ0v) is 11.7. The van der Waals surface area contributed by atoms with Crippen LogP contribution in [-0.4, -0.2) is 29.5 Å². The summed E-state index contributed by atoms with van der Waals surface area (Å²) >= 11 is 0. The number of aromatic nitrogens is 1. The van der Waals surface area contributed by atoms with E-state index in [1.54, 1.807) is 0 Å². The second-order valence-corrected chi connectivity index (χ2v) is 5.96. The first-order valence-electron chi connectivity index (χ1n) is 7.15. The molecule has 1 saturated carbocycles. The number of H-pyrrole nitrogens is 1. The van der Waals surface area contributed by atoms with E-state index in [-0.39, 0.29) is 5.92 Å². The van der Waals surface area contributed by atoms with Crippen molar-refractivity contribution in [3.63, 3.8) is 0 Å². The standard InChI is InChI=1S/C14H16F3N3O2/c15-14(16,17)9-4-10(11(21)19-6-9)12(22)20-13-3-1-2-8(13)5-18-7-13/h4,6,8,18H,1-3,5,7H2,(H,19,21)(H,20,22)/t8-,13-/m0/s1. The van der Waals surface area contributed by atoms with Crippen LogP contribution in [0.3, 0.4) is 0 Å². The molecule has 2 fully saturated rings. The van der Waals surface area contributed by atoms with Crippen LogP contribution < -0.4 is 16.2 Å². The number of alkyl halides is 3. The third-order valence-electron chi connectivity index (χ3n) is 4.63. The van der Waals surface area contributed by atoms with Gasteiger partial charge in [0.2, 0.25) is 0 Å². The van der Waals surface area contributed by atoms with Crippen LogP contribution in [-0.2, 0) is 6.18 Å². The van der Waals surface area contributed by atoms with Crippen molar-refractivity contribution in [3.05, 3.63) is 33.7 Å². The van der Waals surface area contributed by atoms with E-state index >= 15 is 0 Å². The van der Waals surface area contributed by atoms with Crippen molar-refractivity contribution in [2.75, 3.05) is 13.1 Å². The highest BCUT2D eigenvalue weighted by molar-refractivity contribution is 5.94. The molecule has 1 saturated heterocycles. The molecule has 1 amide bonds. The molecule has 0 radical (unpaired) electrons. The normalized spacial score (nSPS) is 27.7. The van der Waals surface area contributed by atoms with E-state index in [1.807, 2.05) is 4.98 Å². The fourth-order valence-corrected chi connectivity index (χ4v) is 3.46. The largest absolute Gasteiger partial charge is 0.417 e. The molecule has 3 rings (SSSR count). The summed E-state index contributed by atoms with van der Waals surface area (Å²) < 4.78 is 38.2. The Morgan fingerprint density at radius 3 is 2.91 bits per heavy atom. The van der Waals surface area contributed by atoms with Gasteiger partial charge in [-0.15, -0.1) is 0 Å². The predicted molar refractivity (Wildman–Crippen MR) is 72.5 cm³/mol. The van der Waals surface area contributed by atoms with Crippen LogP contribution in [0.2, 0.25) is 0 Å². The molecule has 5 nitrogen and oxygen atoms in total. The van der Waals surface area contributed by atoms with Gasteiger partial charge >= 0.3 is 6.18 Å². The van der Waals surface area contributed by atoms with Crippen LogP contribution in [0.5, 0.6) is 0 Å². The molecule has 120 valence electrons. The first-order valence-corrected chi connectivity index (χ1v) is 7.15. The van der Waals surface area contributed by atoms with E-state index in [9.17, 15) is 22.8 Å². The maximum atomic E-state index is 12.7. The maximum absolute atomic E-state index is 12.7. The minimum Gasteiger partial charge on any atom is -0.345 e. The summed E-state index contributed by atoms with van der Waals surface area (Å²) in [5.74, 6) is -0.482. The Morgan fingerprint density at radius 2 is 2.18 bits per heavy atom. The van der Waals surface area contributed by atoms with Gasteiger partial charge in [-0.25, -0.2) is 0 Å². The molecule has 22 heavy (non-hydrogen) atoms. The second kappa shape index (κ2) is 5.12. The van der Waals surface area contributed by atoms with Gasteiger partial charge in [-0.05, 0) is 24.8 Å². The highest BCUT2D eigenvalue weighted by Crippen LogP contribution is 2.38. The molecule has 1 aliphatic heterocycles. The first-order chi connectivity index (χ1) is 10.3. The molecule has 0 unspecified atom stereocenters. The van der Waals surface area contributed by atoms with Gasteiger partial charge < -0.3 is 15.6 Å². The van der Waals surface area contributed by atoms with Gasteiger partial charge in [0.15, 0.2) is 0 Å². The van der Waals surface area contributed by atoms with Crippen molar-refractivity contribution in [1.82, 2.24) is 15.6 Å². The molecule has 3 N–H and O–H groups in total. The molecule has 1 aromatic rings. The smallest absolute Gasteiger partial charge is 0.345 e. The van der Waals surface area contributed by atoms with E-state index in [0.29, 0.717) is 18.8 Å². The summed E-state index contributed by atoms with van der Waals surface area (Å²) in [7, 11) is 0. The zero-order valence-electron chi connectivity index (χ0n) is 11.7. The molecule has 1 aliphatic carbocycles. The fraction of sp³-hybridized carbons (Fsp3) is 0.571. The highest BCUT2D eigenvalue weighted by Gasteiger charge is 2.47. The number of aromatic amines is 1. The third kappa shape index (κ3) is 2.51. The number of pyridine rings is 1. The van der Waals surface area contributed by atoms with Crippen molar-refractivity contribution in [3.8, 4) is 0 Å². The topological polar surface area (TPSA) is 74.0 Å². The zero-order chi connectivity index (χ0) is 16.0. The van der Waals surface area contributed by atoms with Gasteiger partial charge in [-0.3, -0.25) is 9.59 Å². The molecule has 2 aliphatic rings. The van der Waals surface area contributed by atoms with E-state index in [2.05, 4.69) is 10.6 Å². The number of rotatable bonds is 2. The van der Waals surface area contributed by atoms with Crippen molar-refractivity contribution in [2.45, 2.75) is 31.0 Å². The average Bonchev–Trinajstić information content (AvgIpc) is 2.96. The van der Waals surface area contributed by atoms with Crippen molar-refractivity contribution in [1.29, 1.82) is 0 Å². The van der Waals surface area contributed by atoms with Crippen molar-refractivity contribution < 1.29 is 18.0 Å². The Bertz CT molecular complexity index is 643. The monoisotopic (exact) mass is 315 g/mol. The van der Waals surface area contributed by atoms with Crippen LogP contribution in [0.4, 0.5) is 13.2 Å². The molecular weight excluding hydrogens is 299 g/mol. The summed E-state index contributed by atoms with van der Waals surface area (Å²) in [4.78, 5) is 26.0. The number of hydrogen-bond donors (Lipinski definition) is 3. The lowest BCUT2D eigenvalue weighted by Gasteiger charge is -2.29. The Labute approximate surface area is 124 Å². The lowest BCUT2D eigenvalue weighted by molar-refractivity contribution is -0.137. The molecule has 1 aromatic heterocycles. The Kier molecular flexibility index (Phi) is 3.51. The maximum Gasteiger partial charge on any atom is 0.417 e. The van der Waals surface area contributed by atoms with Crippen molar-refractivity contribution >= 4 is 5.91 Å². The van der Waals surface area contributed by atoms with Gasteiger partial charge in [-0.1, -0.05) is 6.42 Å². The third-order valence-corrected chi connectivity index (χ3v) is 4.63. The lowest BCUT2D eigenvalue weighted by Crippen LogP contribution is -2.52. The Hall–Kier alpha value is -1.83. The fourth-order valence-electron chi connectivity index (χ4n) is 3.46. The summed E-state index contributed by atoms with van der Waals surface area (Å²) in [6.45, 7) is 1.36. The number of amides is 1. The Morgan fingerprint density at radius 1 is 1.41 bits per heavy atom. The van der Waals surface area contributed by atoms with Gasteiger partial charge in [0.25, 0.3) is 11.5 Å². The first kappa shape index (κ1) is 15.1. The number of carbonyl (C=O) groups is 1. The number of halogens is 3. The number of fused-ring (bicyclic) bond motifs is 1. The average molecular weight is 315 g/mol. The van der Waals surface area contributed by atoms with Gasteiger partial charge in [-0.2, -0.15) is 13.2 Å². The molecule has 0 bridgehead atoms. The molecule has 8 heteroatoms. The number of carbonyl (C=O) groups excluding carboxylic acids is 1. The van der Waals surface area contributed by atoms with E-state index in [0.717, 1.165) is 25.8 Å². The highest BCUT2D eigenvalue weighted by atomic mass is 19.4. The van der Waals surface area contributed by atoms with E-state index in [4.69, 9.17) is 0 Å². The summed E-state index contributed by atoms with van der Waals surface area (Å²) in [5.41, 5.74) is -2.80. The number of nitrogens with one attached hydrogen (secondary N) is 3. The van der Waals surface area contributed by atoms with Crippen LogP contribution in [0.1, 0.15) is 35.2 Å². The van der Waals surface area contributed by atoms with Crippen molar-refractivity contribution in [2.24, 2.45) is 5.92 Å². The summed E-state index contributed by atoms with van der Waals surface area (Å²) in [5, 5.41) is 5.99. The predicted octanol–water partition coefficient (Wildman–Crippen LogP) is 1.27. The SMILES string of the molecule is O=C(N[C@]12CCC[C@H]1CNC2)c1cc(C(F)(F)F)c[nH]c1=O. The molecular formula is C14H16F3N3O2. The summed E-state index contributed by atoms with van der Waals surface area (Å²) in [6, 6.07) is 0.608. The second-order valence-electron chi connectivity index (χ2n) is 5.96. The van der Waals surface area contributed by atoms with Crippen LogP contribution >= 0.6 is 0 Å². The Balaban J connectivity index is 1.88. The number of hydrogen-bond acceptors (Lipinski definition) is 3. The quantitative estimate of drug-likeness (QED) is 0.769. The van der Waals surface area contributed by atoms with E-state index in [1.165, 1.54) is 0 Å². The molecule has 2 heterocycles. The van der Waals surface area contributed by atoms with Gasteiger partial charge in [0.05, 0.1) is 11.1 Å². The summed E-state index contributed by atoms with van der Waals surface area (Å²) in [6.07, 6.45) is -1.33. The van der Waals surface area contributed by atoms with Gasteiger partial charge in [0, 0.05) is 19.3 Å². The van der Waals surface area contributed by atoms with Crippen LogP contribution in [0.15, 0.2) is 17.1 Å². The van der Waals surface area contributed by atoms with Gasteiger partial charge in [0.1, 0.15) is 5.56 Å². The minimum absolute atomic E-state index is 0.265. The minimum atomic E-state index is -4.61. The molecule has 2 atom stereocenters.